The monoisotopic (exact) mass is 267 g/mol. The summed E-state index contributed by atoms with van der Waals surface area (Å²) in [6.07, 6.45) is 0. The van der Waals surface area contributed by atoms with E-state index in [1.165, 1.54) is 7.11 Å². The van der Waals surface area contributed by atoms with Gasteiger partial charge in [-0.3, -0.25) is 0 Å². The van der Waals surface area contributed by atoms with Crippen LogP contribution >= 0.6 is 15.9 Å². The third-order valence-electron chi connectivity index (χ3n) is 2.23. The Balaban J connectivity index is 2.75. The first kappa shape index (κ1) is 10.2. The number of aryl methyl sites for hydroxylation is 1. The fraction of sp³-hybridized carbons (Fsp3) is 0.182. The summed E-state index contributed by atoms with van der Waals surface area (Å²) < 4.78 is 5.60. The summed E-state index contributed by atoms with van der Waals surface area (Å²) in [5.41, 5.74) is 2.39. The van der Waals surface area contributed by atoms with Crippen molar-refractivity contribution in [3.8, 4) is 0 Å². The number of benzene rings is 1. The zero-order valence-corrected chi connectivity index (χ0v) is 10.0. The van der Waals surface area contributed by atoms with Crippen molar-refractivity contribution in [1.29, 1.82) is 0 Å². The van der Waals surface area contributed by atoms with Crippen LogP contribution in [-0.2, 0) is 4.74 Å². The molecule has 0 saturated heterocycles. The number of methoxy groups -OCH3 is 1. The molecule has 3 nitrogen and oxygen atoms in total. The summed E-state index contributed by atoms with van der Waals surface area (Å²) in [6, 6.07) is 5.71. The smallest absolute Gasteiger partial charge is 0.340 e. The van der Waals surface area contributed by atoms with Crippen LogP contribution < -0.4 is 0 Å². The second-order valence-corrected chi connectivity index (χ2v) is 4.28. The quantitative estimate of drug-likeness (QED) is 0.808. The molecular formula is C11H10BrNO2. The normalized spacial score (nSPS) is 10.6. The van der Waals surface area contributed by atoms with Crippen molar-refractivity contribution in [3.05, 3.63) is 33.9 Å². The van der Waals surface area contributed by atoms with Gasteiger partial charge in [-0.05, 0) is 25.1 Å². The highest BCUT2D eigenvalue weighted by atomic mass is 79.9. The standard InChI is InChI=1S/C11H10BrNO2/c1-6-3-7-4-8(12)5-9(10(7)13-6)11(14)15-2/h3-5,13H,1-2H3. The molecule has 0 bridgehead atoms. The Bertz CT molecular complexity index is 531. The van der Waals surface area contributed by atoms with Gasteiger partial charge in [0.05, 0.1) is 18.2 Å². The lowest BCUT2D eigenvalue weighted by molar-refractivity contribution is 0.0602. The fourth-order valence-electron chi connectivity index (χ4n) is 1.62. The SMILES string of the molecule is COC(=O)c1cc(Br)cc2cc(C)[nH]c12. The van der Waals surface area contributed by atoms with Crippen molar-refractivity contribution in [1.82, 2.24) is 4.98 Å². The number of fused-ring (bicyclic) bond motifs is 1. The molecule has 1 N–H and O–H groups in total. The summed E-state index contributed by atoms with van der Waals surface area (Å²) >= 11 is 3.37. The van der Waals surface area contributed by atoms with Crippen LogP contribution in [0.1, 0.15) is 16.1 Å². The lowest BCUT2D eigenvalue weighted by Crippen LogP contribution is -2.02. The second-order valence-electron chi connectivity index (χ2n) is 3.36. The lowest BCUT2D eigenvalue weighted by atomic mass is 10.1. The molecular weight excluding hydrogens is 258 g/mol. The Hall–Kier alpha value is -1.29. The highest BCUT2D eigenvalue weighted by Gasteiger charge is 2.13. The number of rotatable bonds is 1. The zero-order chi connectivity index (χ0) is 11.0. The molecule has 0 fully saturated rings. The van der Waals surface area contributed by atoms with E-state index in [0.717, 1.165) is 21.1 Å². The van der Waals surface area contributed by atoms with Gasteiger partial charge in [0.2, 0.25) is 0 Å². The Morgan fingerprint density at radius 1 is 1.40 bits per heavy atom. The molecule has 0 unspecified atom stereocenters. The molecule has 1 aromatic heterocycles. The van der Waals surface area contributed by atoms with E-state index < -0.39 is 0 Å². The van der Waals surface area contributed by atoms with E-state index >= 15 is 0 Å². The number of hydrogen-bond donors (Lipinski definition) is 1. The van der Waals surface area contributed by atoms with Gasteiger partial charge in [0.1, 0.15) is 0 Å². The van der Waals surface area contributed by atoms with Gasteiger partial charge in [-0.1, -0.05) is 15.9 Å². The van der Waals surface area contributed by atoms with Gasteiger partial charge >= 0.3 is 5.97 Å². The van der Waals surface area contributed by atoms with Gasteiger partial charge in [0.25, 0.3) is 0 Å². The van der Waals surface area contributed by atoms with Gasteiger partial charge in [0.15, 0.2) is 0 Å². The van der Waals surface area contributed by atoms with E-state index in [0.29, 0.717) is 5.56 Å². The largest absolute Gasteiger partial charge is 0.465 e. The van der Waals surface area contributed by atoms with Crippen molar-refractivity contribution < 1.29 is 9.53 Å². The molecule has 0 radical (unpaired) electrons. The minimum Gasteiger partial charge on any atom is -0.465 e. The third kappa shape index (κ3) is 1.77. The molecule has 4 heteroatoms. The molecule has 0 spiro atoms. The van der Waals surface area contributed by atoms with Crippen molar-refractivity contribution in [2.75, 3.05) is 7.11 Å². The number of ether oxygens (including phenoxy) is 1. The summed E-state index contributed by atoms with van der Waals surface area (Å²) in [5, 5.41) is 1.00. The zero-order valence-electron chi connectivity index (χ0n) is 8.43. The van der Waals surface area contributed by atoms with E-state index in [-0.39, 0.29) is 5.97 Å². The Morgan fingerprint density at radius 3 is 2.80 bits per heavy atom. The van der Waals surface area contributed by atoms with Gasteiger partial charge < -0.3 is 9.72 Å². The number of H-pyrrole nitrogens is 1. The van der Waals surface area contributed by atoms with Gasteiger partial charge in [-0.25, -0.2) is 4.79 Å². The van der Waals surface area contributed by atoms with Crippen molar-refractivity contribution in [2.45, 2.75) is 6.92 Å². The number of carbonyl (C=O) groups is 1. The molecule has 0 amide bonds. The molecule has 0 aliphatic rings. The molecule has 2 aromatic rings. The van der Waals surface area contributed by atoms with Crippen molar-refractivity contribution >= 4 is 32.8 Å². The lowest BCUT2D eigenvalue weighted by Gasteiger charge is -2.02. The first-order valence-electron chi connectivity index (χ1n) is 4.49. The number of hydrogen-bond acceptors (Lipinski definition) is 2. The Kier molecular flexibility index (Phi) is 2.52. The molecule has 0 saturated carbocycles. The summed E-state index contributed by atoms with van der Waals surface area (Å²) in [7, 11) is 1.38. The average Bonchev–Trinajstić information content (AvgIpc) is 2.55. The summed E-state index contributed by atoms with van der Waals surface area (Å²) in [5.74, 6) is -0.330. The van der Waals surface area contributed by atoms with Crippen molar-refractivity contribution in [2.24, 2.45) is 0 Å². The molecule has 0 aliphatic carbocycles. The Labute approximate surface area is 95.6 Å². The molecule has 2 rings (SSSR count). The van der Waals surface area contributed by atoms with Crippen LogP contribution in [0, 0.1) is 6.92 Å². The van der Waals surface area contributed by atoms with Gasteiger partial charge in [0, 0.05) is 15.6 Å². The second kappa shape index (κ2) is 3.70. The fourth-order valence-corrected chi connectivity index (χ4v) is 2.09. The molecule has 1 heterocycles. The third-order valence-corrected chi connectivity index (χ3v) is 2.69. The molecule has 1 aromatic carbocycles. The van der Waals surface area contributed by atoms with Crippen LogP contribution in [-0.4, -0.2) is 18.1 Å². The van der Waals surface area contributed by atoms with Crippen LogP contribution in [0.25, 0.3) is 10.9 Å². The van der Waals surface area contributed by atoms with E-state index in [9.17, 15) is 4.79 Å². The molecule has 15 heavy (non-hydrogen) atoms. The first-order chi connectivity index (χ1) is 7.11. The number of nitrogens with one attached hydrogen (secondary N) is 1. The predicted molar refractivity (Wildman–Crippen MR) is 62.1 cm³/mol. The van der Waals surface area contributed by atoms with Crippen LogP contribution in [0.3, 0.4) is 0 Å². The highest BCUT2D eigenvalue weighted by molar-refractivity contribution is 9.10. The van der Waals surface area contributed by atoms with Crippen LogP contribution in [0.4, 0.5) is 0 Å². The highest BCUT2D eigenvalue weighted by Crippen LogP contribution is 2.25. The maximum absolute atomic E-state index is 11.5. The molecule has 0 aliphatic heterocycles. The van der Waals surface area contributed by atoms with E-state index in [1.807, 2.05) is 19.1 Å². The van der Waals surface area contributed by atoms with E-state index in [4.69, 9.17) is 4.74 Å². The molecule has 0 atom stereocenters. The summed E-state index contributed by atoms with van der Waals surface area (Å²) in [6.45, 7) is 1.95. The van der Waals surface area contributed by atoms with E-state index in [2.05, 4.69) is 20.9 Å². The number of esters is 1. The van der Waals surface area contributed by atoms with Crippen molar-refractivity contribution in [3.63, 3.8) is 0 Å². The first-order valence-corrected chi connectivity index (χ1v) is 5.28. The number of aromatic amines is 1. The molecule has 78 valence electrons. The number of aromatic nitrogens is 1. The van der Waals surface area contributed by atoms with Crippen LogP contribution in [0.2, 0.25) is 0 Å². The van der Waals surface area contributed by atoms with Crippen LogP contribution in [0.15, 0.2) is 22.7 Å². The number of carbonyl (C=O) groups excluding carboxylic acids is 1. The minimum atomic E-state index is -0.330. The van der Waals surface area contributed by atoms with Gasteiger partial charge in [-0.15, -0.1) is 0 Å². The van der Waals surface area contributed by atoms with E-state index in [1.54, 1.807) is 6.07 Å². The topological polar surface area (TPSA) is 42.1 Å². The average molecular weight is 268 g/mol. The summed E-state index contributed by atoms with van der Waals surface area (Å²) in [4.78, 5) is 14.7. The minimum absolute atomic E-state index is 0.330. The van der Waals surface area contributed by atoms with Crippen LogP contribution in [0.5, 0.6) is 0 Å². The maximum Gasteiger partial charge on any atom is 0.340 e. The number of halogens is 1. The predicted octanol–water partition coefficient (Wildman–Crippen LogP) is 3.03. The maximum atomic E-state index is 11.5. The Morgan fingerprint density at radius 2 is 2.13 bits per heavy atom. The van der Waals surface area contributed by atoms with Gasteiger partial charge in [-0.2, -0.15) is 0 Å².